The molecule has 1 aromatic heterocycles. The number of amides is 1. The van der Waals surface area contributed by atoms with Gasteiger partial charge in [-0.3, -0.25) is 24.4 Å². The second kappa shape index (κ2) is 7.87. The molecule has 0 saturated carbocycles. The molecule has 1 rings (SSSR count). The first kappa shape index (κ1) is 15.6. The summed E-state index contributed by atoms with van der Waals surface area (Å²) < 4.78 is 1.19. The van der Waals surface area contributed by atoms with E-state index in [0.29, 0.717) is 19.4 Å². The van der Waals surface area contributed by atoms with Crippen molar-refractivity contribution in [1.82, 2.24) is 15.1 Å². The van der Waals surface area contributed by atoms with Gasteiger partial charge in [-0.1, -0.05) is 6.42 Å². The molecule has 0 aromatic carbocycles. The van der Waals surface area contributed by atoms with Gasteiger partial charge in [-0.25, -0.2) is 0 Å². The Kier molecular flexibility index (Phi) is 6.14. The Labute approximate surface area is 114 Å². The molecule has 0 fully saturated rings. The molecule has 2 N–H and O–H groups in total. The highest BCUT2D eigenvalue weighted by molar-refractivity contribution is 5.75. The number of rotatable bonds is 9. The number of hydrogen-bond acceptors (Lipinski definition) is 5. The van der Waals surface area contributed by atoms with Crippen molar-refractivity contribution in [3.63, 3.8) is 0 Å². The van der Waals surface area contributed by atoms with E-state index in [1.807, 2.05) is 0 Å². The molecule has 0 radical (unpaired) electrons. The third-order valence-electron chi connectivity index (χ3n) is 2.53. The largest absolute Gasteiger partial charge is 0.481 e. The lowest BCUT2D eigenvalue weighted by molar-refractivity contribution is -0.385. The molecule has 0 atom stereocenters. The average Bonchev–Trinajstić information content (AvgIpc) is 2.81. The molecule has 1 heterocycles. The van der Waals surface area contributed by atoms with Gasteiger partial charge in [0.1, 0.15) is 18.9 Å². The van der Waals surface area contributed by atoms with Gasteiger partial charge < -0.3 is 10.4 Å². The number of nitrogens with one attached hydrogen (secondary N) is 1. The predicted molar refractivity (Wildman–Crippen MR) is 68.0 cm³/mol. The molecular formula is C11H16N4O5. The lowest BCUT2D eigenvalue weighted by Crippen LogP contribution is -2.28. The molecule has 9 nitrogen and oxygen atoms in total. The highest BCUT2D eigenvalue weighted by Crippen LogP contribution is 2.07. The van der Waals surface area contributed by atoms with Crippen LogP contribution in [0.1, 0.15) is 25.7 Å². The van der Waals surface area contributed by atoms with E-state index in [-0.39, 0.29) is 24.6 Å². The molecule has 0 aliphatic carbocycles. The molecule has 0 bridgehead atoms. The van der Waals surface area contributed by atoms with Gasteiger partial charge in [-0.2, -0.15) is 5.10 Å². The predicted octanol–water partition coefficient (Wildman–Crippen LogP) is 0.552. The number of hydrogen-bond donors (Lipinski definition) is 2. The van der Waals surface area contributed by atoms with Crippen molar-refractivity contribution < 1.29 is 19.6 Å². The number of nitro groups is 1. The number of aromatic nitrogens is 2. The Morgan fingerprint density at radius 1 is 1.40 bits per heavy atom. The molecule has 1 aromatic rings. The molecule has 0 aliphatic heterocycles. The van der Waals surface area contributed by atoms with Gasteiger partial charge >= 0.3 is 11.7 Å². The maximum absolute atomic E-state index is 11.5. The number of unbranched alkanes of at least 4 members (excludes halogenated alkanes) is 2. The van der Waals surface area contributed by atoms with E-state index >= 15 is 0 Å². The van der Waals surface area contributed by atoms with Crippen LogP contribution in [0.25, 0.3) is 0 Å². The number of carbonyl (C=O) groups excluding carboxylic acids is 1. The highest BCUT2D eigenvalue weighted by atomic mass is 16.6. The van der Waals surface area contributed by atoms with Crippen LogP contribution < -0.4 is 5.32 Å². The fourth-order valence-electron chi connectivity index (χ4n) is 1.54. The molecule has 20 heavy (non-hydrogen) atoms. The number of carbonyl (C=O) groups is 2. The third-order valence-corrected chi connectivity index (χ3v) is 2.53. The van der Waals surface area contributed by atoms with Crippen molar-refractivity contribution in [2.24, 2.45) is 0 Å². The first-order chi connectivity index (χ1) is 9.49. The van der Waals surface area contributed by atoms with E-state index in [1.54, 1.807) is 0 Å². The van der Waals surface area contributed by atoms with Gasteiger partial charge in [0, 0.05) is 13.0 Å². The topological polar surface area (TPSA) is 127 Å². The summed E-state index contributed by atoms with van der Waals surface area (Å²) in [5.74, 6) is -1.12. The summed E-state index contributed by atoms with van der Waals surface area (Å²) in [5.41, 5.74) is -0.161. The van der Waals surface area contributed by atoms with Gasteiger partial charge in [0.15, 0.2) is 0 Å². The van der Waals surface area contributed by atoms with Crippen LogP contribution in [-0.4, -0.2) is 38.2 Å². The molecule has 9 heteroatoms. The zero-order valence-corrected chi connectivity index (χ0v) is 10.8. The lowest BCUT2D eigenvalue weighted by atomic mass is 10.2. The summed E-state index contributed by atoms with van der Waals surface area (Å²) in [6.45, 7) is 0.366. The summed E-state index contributed by atoms with van der Waals surface area (Å²) in [6.07, 6.45) is 4.39. The van der Waals surface area contributed by atoms with Crippen molar-refractivity contribution >= 4 is 17.6 Å². The fraction of sp³-hybridized carbons (Fsp3) is 0.545. The summed E-state index contributed by atoms with van der Waals surface area (Å²) in [4.78, 5) is 31.6. The van der Waals surface area contributed by atoms with Crippen molar-refractivity contribution in [3.05, 3.63) is 22.5 Å². The Morgan fingerprint density at radius 3 is 2.75 bits per heavy atom. The van der Waals surface area contributed by atoms with Crippen LogP contribution in [-0.2, 0) is 16.1 Å². The van der Waals surface area contributed by atoms with Crippen LogP contribution in [0.4, 0.5) is 5.69 Å². The smallest absolute Gasteiger partial charge is 0.307 e. The zero-order chi connectivity index (χ0) is 15.0. The number of aliphatic carboxylic acids is 1. The molecule has 0 saturated heterocycles. The maximum atomic E-state index is 11.5. The monoisotopic (exact) mass is 284 g/mol. The summed E-state index contributed by atoms with van der Waals surface area (Å²) in [7, 11) is 0. The number of nitrogens with zero attached hydrogens (tertiary/aromatic N) is 3. The minimum absolute atomic E-state index is 0.0804. The molecule has 0 unspecified atom stereocenters. The van der Waals surface area contributed by atoms with Crippen LogP contribution in [0.3, 0.4) is 0 Å². The highest BCUT2D eigenvalue weighted by Gasteiger charge is 2.10. The van der Waals surface area contributed by atoms with Crippen LogP contribution in [0.5, 0.6) is 0 Å². The Hall–Kier alpha value is -2.45. The minimum Gasteiger partial charge on any atom is -0.481 e. The van der Waals surface area contributed by atoms with Crippen molar-refractivity contribution in [1.29, 1.82) is 0 Å². The van der Waals surface area contributed by atoms with E-state index in [0.717, 1.165) is 12.6 Å². The summed E-state index contributed by atoms with van der Waals surface area (Å²) in [6, 6.07) is 0. The summed E-state index contributed by atoms with van der Waals surface area (Å²) in [5, 5.41) is 25.2. The molecule has 110 valence electrons. The maximum Gasteiger partial charge on any atom is 0.307 e. The minimum atomic E-state index is -0.825. The molecule has 1 amide bonds. The van der Waals surface area contributed by atoms with E-state index in [2.05, 4.69) is 10.4 Å². The molecule has 0 spiro atoms. The van der Waals surface area contributed by atoms with E-state index in [9.17, 15) is 19.7 Å². The van der Waals surface area contributed by atoms with Gasteiger partial charge in [0.2, 0.25) is 5.91 Å². The van der Waals surface area contributed by atoms with Crippen molar-refractivity contribution in [3.8, 4) is 0 Å². The van der Waals surface area contributed by atoms with Crippen LogP contribution in [0.2, 0.25) is 0 Å². The second-order valence-corrected chi connectivity index (χ2v) is 4.21. The van der Waals surface area contributed by atoms with Crippen molar-refractivity contribution in [2.75, 3.05) is 6.54 Å². The van der Waals surface area contributed by atoms with Crippen LogP contribution in [0, 0.1) is 10.1 Å². The lowest BCUT2D eigenvalue weighted by Gasteiger charge is -2.04. The fourth-order valence-corrected chi connectivity index (χ4v) is 1.54. The first-order valence-electron chi connectivity index (χ1n) is 6.14. The van der Waals surface area contributed by atoms with Crippen LogP contribution >= 0.6 is 0 Å². The second-order valence-electron chi connectivity index (χ2n) is 4.21. The first-order valence-corrected chi connectivity index (χ1v) is 6.14. The van der Waals surface area contributed by atoms with Gasteiger partial charge in [0.05, 0.1) is 4.92 Å². The van der Waals surface area contributed by atoms with Gasteiger partial charge in [-0.05, 0) is 12.8 Å². The number of carboxylic acids is 1. The number of carboxylic acid groups (broad SMARTS) is 1. The SMILES string of the molecule is O=C(O)CCCCCNC(=O)Cn1cc([N+](=O)[O-])cn1. The third kappa shape index (κ3) is 5.94. The Balaban J connectivity index is 2.16. The Morgan fingerprint density at radius 2 is 2.15 bits per heavy atom. The van der Waals surface area contributed by atoms with Gasteiger partial charge in [0.25, 0.3) is 0 Å². The quantitative estimate of drug-likeness (QED) is 0.387. The average molecular weight is 284 g/mol. The van der Waals surface area contributed by atoms with E-state index < -0.39 is 10.9 Å². The zero-order valence-electron chi connectivity index (χ0n) is 10.8. The van der Waals surface area contributed by atoms with E-state index in [1.165, 1.54) is 10.9 Å². The molecule has 0 aliphatic rings. The van der Waals surface area contributed by atoms with E-state index in [4.69, 9.17) is 5.11 Å². The summed E-state index contributed by atoms with van der Waals surface area (Å²) >= 11 is 0. The van der Waals surface area contributed by atoms with Crippen LogP contribution in [0.15, 0.2) is 12.4 Å². The standard InChI is InChI=1S/C11H16N4O5/c16-10(12-5-3-1-2-4-11(17)18)8-14-7-9(6-13-14)15(19)20/h6-7H,1-5,8H2,(H,12,16)(H,17,18). The van der Waals surface area contributed by atoms with Gasteiger partial charge in [-0.15, -0.1) is 0 Å². The van der Waals surface area contributed by atoms with Crippen molar-refractivity contribution in [2.45, 2.75) is 32.2 Å². The molecular weight excluding hydrogens is 268 g/mol. The normalized spacial score (nSPS) is 10.2. The Bertz CT molecular complexity index is 485.